The number of rotatable bonds is 4. The molecule has 4 atom stereocenters. The van der Waals surface area contributed by atoms with Crippen molar-refractivity contribution in [3.05, 3.63) is 131 Å². The highest BCUT2D eigenvalue weighted by atomic mass is 16.2. The molecule has 4 heterocycles. The van der Waals surface area contributed by atoms with Crippen molar-refractivity contribution in [2.45, 2.75) is 38.3 Å². The Morgan fingerprint density at radius 1 is 0.854 bits per heavy atom. The van der Waals surface area contributed by atoms with Crippen LogP contribution in [-0.4, -0.2) is 34.5 Å². The van der Waals surface area contributed by atoms with Crippen LogP contribution in [-0.2, 0) is 10.2 Å². The standard InChI is InChI=1S/C35H29N3O3/c1-20-10-13-23(14-11-20)33(40)31-30(32(39)24-7-6-16-36-19-24)35(26-8-4-5-9-27(26)37-34(35)41)29-18-22(3)25-17-21(2)12-15-28(25)38(29)31/h4-19,29-31H,1-3H3,(H,37,41)/t29-,30+,31+,35-/m1/s1. The number of hydrogen-bond acceptors (Lipinski definition) is 5. The summed E-state index contributed by atoms with van der Waals surface area (Å²) >= 11 is 0. The molecule has 1 amide bonds. The van der Waals surface area contributed by atoms with Crippen LogP contribution < -0.4 is 10.2 Å². The number of nitrogens with one attached hydrogen (secondary N) is 1. The van der Waals surface area contributed by atoms with Crippen LogP contribution in [0, 0.1) is 19.8 Å². The molecule has 0 bridgehead atoms. The summed E-state index contributed by atoms with van der Waals surface area (Å²) in [5.41, 5.74) is 5.95. The Morgan fingerprint density at radius 2 is 1.61 bits per heavy atom. The lowest BCUT2D eigenvalue weighted by molar-refractivity contribution is -0.121. The highest BCUT2D eigenvalue weighted by Crippen LogP contribution is 2.58. The third kappa shape index (κ3) is 3.50. The average Bonchev–Trinajstić information content (AvgIpc) is 3.45. The Morgan fingerprint density at radius 3 is 2.37 bits per heavy atom. The predicted octanol–water partition coefficient (Wildman–Crippen LogP) is 5.94. The summed E-state index contributed by atoms with van der Waals surface area (Å²) in [7, 11) is 0. The molecular weight excluding hydrogens is 510 g/mol. The Kier molecular flexibility index (Phi) is 5.58. The van der Waals surface area contributed by atoms with Gasteiger partial charge in [-0.25, -0.2) is 0 Å². The summed E-state index contributed by atoms with van der Waals surface area (Å²) in [6.07, 6.45) is 5.22. The van der Waals surface area contributed by atoms with Crippen LogP contribution in [0.5, 0.6) is 0 Å². The number of ketones is 2. The third-order valence-electron chi connectivity index (χ3n) is 8.97. The van der Waals surface area contributed by atoms with Crippen molar-refractivity contribution in [3.63, 3.8) is 0 Å². The van der Waals surface area contributed by atoms with E-state index in [1.54, 1.807) is 18.3 Å². The van der Waals surface area contributed by atoms with Crippen LogP contribution in [0.15, 0.2) is 97.3 Å². The van der Waals surface area contributed by atoms with Crippen LogP contribution in [0.4, 0.5) is 11.4 Å². The molecule has 0 radical (unpaired) electrons. The molecule has 3 aliphatic rings. The molecule has 1 fully saturated rings. The van der Waals surface area contributed by atoms with E-state index in [-0.39, 0.29) is 17.5 Å². The summed E-state index contributed by atoms with van der Waals surface area (Å²) in [5.74, 6) is -1.74. The molecule has 1 spiro atoms. The first-order valence-electron chi connectivity index (χ1n) is 13.9. The highest BCUT2D eigenvalue weighted by Gasteiger charge is 2.70. The van der Waals surface area contributed by atoms with Gasteiger partial charge in [-0.3, -0.25) is 19.4 Å². The van der Waals surface area contributed by atoms with Gasteiger partial charge in [0.15, 0.2) is 11.6 Å². The van der Waals surface area contributed by atoms with Crippen LogP contribution >= 0.6 is 0 Å². The molecule has 1 saturated heterocycles. The lowest BCUT2D eigenvalue weighted by Gasteiger charge is -2.39. The number of carbonyl (C=O) groups is 3. The van der Waals surface area contributed by atoms with Gasteiger partial charge in [0.05, 0.1) is 12.0 Å². The largest absolute Gasteiger partial charge is 0.352 e. The first kappa shape index (κ1) is 25.1. The Balaban J connectivity index is 1.56. The number of aromatic nitrogens is 1. The van der Waals surface area contributed by atoms with E-state index < -0.39 is 23.4 Å². The summed E-state index contributed by atoms with van der Waals surface area (Å²) < 4.78 is 0. The summed E-state index contributed by atoms with van der Waals surface area (Å²) in [5, 5.41) is 3.08. The van der Waals surface area contributed by atoms with Gasteiger partial charge in [0.2, 0.25) is 5.91 Å². The number of Topliss-reactive ketones (excluding diaryl/α,β-unsaturated/α-hetero) is 2. The SMILES string of the molecule is CC1=C[C@H]2N(c3ccc(C)cc31)[C@H](C(=O)c1ccc(C)cc1)[C@@H](C(=O)c1cccnc1)[C@]21C(=O)Nc2ccccc21. The van der Waals surface area contributed by atoms with Crippen molar-refractivity contribution in [1.29, 1.82) is 0 Å². The van der Waals surface area contributed by atoms with Gasteiger partial charge < -0.3 is 10.2 Å². The van der Waals surface area contributed by atoms with Crippen molar-refractivity contribution in [3.8, 4) is 0 Å². The van der Waals surface area contributed by atoms with Crippen LogP contribution in [0.1, 0.15) is 49.9 Å². The Labute approximate surface area is 238 Å². The molecule has 6 heteroatoms. The second-order valence-electron chi connectivity index (χ2n) is 11.3. The fourth-order valence-corrected chi connectivity index (χ4v) is 7.12. The van der Waals surface area contributed by atoms with E-state index in [4.69, 9.17) is 0 Å². The minimum Gasteiger partial charge on any atom is -0.352 e. The molecule has 3 aromatic carbocycles. The van der Waals surface area contributed by atoms with Gasteiger partial charge in [0.25, 0.3) is 0 Å². The number of para-hydroxylation sites is 1. The van der Waals surface area contributed by atoms with E-state index >= 15 is 0 Å². The smallest absolute Gasteiger partial charge is 0.238 e. The van der Waals surface area contributed by atoms with Crippen molar-refractivity contribution in [1.82, 2.24) is 4.98 Å². The number of pyridine rings is 1. The molecule has 6 nitrogen and oxygen atoms in total. The first-order valence-corrected chi connectivity index (χ1v) is 13.9. The van der Waals surface area contributed by atoms with Crippen LogP contribution in [0.25, 0.3) is 5.57 Å². The Hall–Kier alpha value is -4.84. The molecule has 1 N–H and O–H groups in total. The van der Waals surface area contributed by atoms with E-state index in [2.05, 4.69) is 22.4 Å². The molecule has 3 aliphatic heterocycles. The number of fused-ring (bicyclic) bond motifs is 6. The van der Waals surface area contributed by atoms with Gasteiger partial charge in [-0.05, 0) is 62.2 Å². The van der Waals surface area contributed by atoms with E-state index in [0.717, 1.165) is 33.5 Å². The van der Waals surface area contributed by atoms with E-state index in [9.17, 15) is 14.4 Å². The van der Waals surface area contributed by atoms with Gasteiger partial charge in [-0.15, -0.1) is 0 Å². The fourth-order valence-electron chi connectivity index (χ4n) is 7.12. The number of anilines is 2. The second-order valence-corrected chi connectivity index (χ2v) is 11.3. The van der Waals surface area contributed by atoms with E-state index in [0.29, 0.717) is 16.8 Å². The number of amides is 1. The topological polar surface area (TPSA) is 79.4 Å². The minimum atomic E-state index is -1.33. The monoisotopic (exact) mass is 539 g/mol. The molecule has 7 rings (SSSR count). The highest BCUT2D eigenvalue weighted by molar-refractivity contribution is 6.18. The van der Waals surface area contributed by atoms with Crippen molar-refractivity contribution in [2.24, 2.45) is 5.92 Å². The summed E-state index contributed by atoms with van der Waals surface area (Å²) in [6.45, 7) is 6.05. The zero-order chi connectivity index (χ0) is 28.5. The van der Waals surface area contributed by atoms with Gasteiger partial charge in [0.1, 0.15) is 11.5 Å². The molecular formula is C35H29N3O3. The number of nitrogens with zero attached hydrogens (tertiary/aromatic N) is 2. The van der Waals surface area contributed by atoms with Crippen LogP contribution in [0.2, 0.25) is 0 Å². The van der Waals surface area contributed by atoms with Crippen molar-refractivity contribution in [2.75, 3.05) is 10.2 Å². The number of hydrogen-bond donors (Lipinski definition) is 1. The van der Waals surface area contributed by atoms with Crippen LogP contribution in [0.3, 0.4) is 0 Å². The van der Waals surface area contributed by atoms with E-state index in [1.807, 2.05) is 86.3 Å². The second kappa shape index (κ2) is 9.10. The van der Waals surface area contributed by atoms with Crippen molar-refractivity contribution >= 4 is 34.4 Å². The van der Waals surface area contributed by atoms with Gasteiger partial charge in [0, 0.05) is 40.5 Å². The molecule has 0 aliphatic carbocycles. The fraction of sp³-hybridized carbons (Fsp3) is 0.200. The maximum atomic E-state index is 14.7. The lowest BCUT2D eigenvalue weighted by Crippen LogP contribution is -2.51. The lowest BCUT2D eigenvalue weighted by atomic mass is 9.64. The summed E-state index contributed by atoms with van der Waals surface area (Å²) in [6, 6.07) is 23.1. The average molecular weight is 540 g/mol. The molecule has 41 heavy (non-hydrogen) atoms. The maximum absolute atomic E-state index is 14.7. The predicted molar refractivity (Wildman–Crippen MR) is 159 cm³/mol. The molecule has 0 unspecified atom stereocenters. The third-order valence-corrected chi connectivity index (χ3v) is 8.97. The number of aryl methyl sites for hydroxylation is 2. The quantitative estimate of drug-likeness (QED) is 0.325. The molecule has 202 valence electrons. The number of benzene rings is 3. The minimum absolute atomic E-state index is 0.189. The van der Waals surface area contributed by atoms with Crippen molar-refractivity contribution < 1.29 is 14.4 Å². The normalized spacial score (nSPS) is 23.9. The van der Waals surface area contributed by atoms with Gasteiger partial charge in [-0.1, -0.05) is 65.7 Å². The van der Waals surface area contributed by atoms with Gasteiger partial charge >= 0.3 is 0 Å². The number of carbonyl (C=O) groups excluding carboxylic acids is 3. The Bertz CT molecular complexity index is 1780. The molecule has 4 aromatic rings. The molecule has 0 saturated carbocycles. The summed E-state index contributed by atoms with van der Waals surface area (Å²) in [4.78, 5) is 50.1. The first-order chi connectivity index (χ1) is 19.8. The zero-order valence-corrected chi connectivity index (χ0v) is 23.1. The maximum Gasteiger partial charge on any atom is 0.238 e. The van der Waals surface area contributed by atoms with Gasteiger partial charge in [-0.2, -0.15) is 0 Å². The number of allylic oxidation sites excluding steroid dienone is 1. The molecule has 1 aromatic heterocycles. The van der Waals surface area contributed by atoms with E-state index in [1.165, 1.54) is 6.20 Å². The zero-order valence-electron chi connectivity index (χ0n) is 23.1.